The molecule has 0 saturated heterocycles. The van der Waals surface area contributed by atoms with Gasteiger partial charge in [-0.1, -0.05) is 41.9 Å². The fourth-order valence-corrected chi connectivity index (χ4v) is 2.77. The maximum atomic E-state index is 12.3. The molecule has 0 spiro atoms. The van der Waals surface area contributed by atoms with E-state index in [4.69, 9.17) is 9.47 Å². The molecule has 0 heterocycles. The molecule has 1 atom stereocenters. The van der Waals surface area contributed by atoms with Crippen LogP contribution in [0.15, 0.2) is 53.0 Å². The maximum Gasteiger partial charge on any atom is 0.258 e. The van der Waals surface area contributed by atoms with Gasteiger partial charge in [-0.05, 0) is 54.3 Å². The number of hydrogen-bond acceptors (Lipinski definition) is 3. The van der Waals surface area contributed by atoms with Crippen molar-refractivity contribution in [3.63, 3.8) is 0 Å². The van der Waals surface area contributed by atoms with Crippen LogP contribution in [-0.2, 0) is 4.79 Å². The van der Waals surface area contributed by atoms with Crippen molar-refractivity contribution in [2.24, 2.45) is 5.92 Å². The van der Waals surface area contributed by atoms with Gasteiger partial charge in [0.25, 0.3) is 5.91 Å². The summed E-state index contributed by atoms with van der Waals surface area (Å²) < 4.78 is 11.7. The molecule has 0 bridgehead atoms. The van der Waals surface area contributed by atoms with Crippen LogP contribution in [0.3, 0.4) is 0 Å². The summed E-state index contributed by atoms with van der Waals surface area (Å²) in [6.45, 7) is 4.27. The molecule has 4 nitrogen and oxygen atoms in total. The molecule has 0 unspecified atom stereocenters. The number of amides is 1. The Morgan fingerprint density at radius 1 is 1.04 bits per heavy atom. The van der Waals surface area contributed by atoms with E-state index >= 15 is 0 Å². The molecule has 0 radical (unpaired) electrons. The van der Waals surface area contributed by atoms with Crippen molar-refractivity contribution >= 4 is 21.8 Å². The van der Waals surface area contributed by atoms with Gasteiger partial charge in [0.2, 0.25) is 0 Å². The summed E-state index contributed by atoms with van der Waals surface area (Å²) >= 11 is 3.37. The second-order valence-electron chi connectivity index (χ2n) is 6.27. The van der Waals surface area contributed by atoms with Crippen LogP contribution in [0, 0.1) is 5.92 Å². The van der Waals surface area contributed by atoms with Crippen LogP contribution < -0.4 is 14.8 Å². The largest absolute Gasteiger partial charge is 0.497 e. The van der Waals surface area contributed by atoms with Crippen molar-refractivity contribution in [1.82, 2.24) is 5.32 Å². The Morgan fingerprint density at radius 3 is 2.20 bits per heavy atom. The summed E-state index contributed by atoms with van der Waals surface area (Å²) in [6.07, 6.45) is 0.857. The van der Waals surface area contributed by atoms with Crippen LogP contribution in [0.4, 0.5) is 0 Å². The van der Waals surface area contributed by atoms with Crippen molar-refractivity contribution in [3.05, 3.63) is 58.6 Å². The normalized spacial score (nSPS) is 11.9. The third-order valence-electron chi connectivity index (χ3n) is 3.74. The fraction of sp³-hybridized carbons (Fsp3) is 0.350. The number of rotatable bonds is 8. The van der Waals surface area contributed by atoms with E-state index in [1.807, 2.05) is 48.5 Å². The zero-order chi connectivity index (χ0) is 18.2. The molecule has 134 valence electrons. The number of carbonyl (C=O) groups excluding carboxylic acids is 1. The SMILES string of the molecule is COc1ccc([C@@H](CC(C)C)NC(=O)COc2ccc(Br)cc2)cc1. The number of carbonyl (C=O) groups is 1. The van der Waals surface area contributed by atoms with Crippen LogP contribution in [0.2, 0.25) is 0 Å². The molecule has 2 aromatic rings. The molecule has 5 heteroatoms. The predicted molar refractivity (Wildman–Crippen MR) is 103 cm³/mol. The number of benzene rings is 2. The summed E-state index contributed by atoms with van der Waals surface area (Å²) in [5, 5.41) is 3.07. The van der Waals surface area contributed by atoms with Gasteiger partial charge in [0, 0.05) is 4.47 Å². The Labute approximate surface area is 157 Å². The lowest BCUT2D eigenvalue weighted by molar-refractivity contribution is -0.124. The monoisotopic (exact) mass is 405 g/mol. The van der Waals surface area contributed by atoms with Crippen molar-refractivity contribution in [2.75, 3.05) is 13.7 Å². The zero-order valence-electron chi connectivity index (χ0n) is 14.8. The van der Waals surface area contributed by atoms with Crippen molar-refractivity contribution in [1.29, 1.82) is 0 Å². The zero-order valence-corrected chi connectivity index (χ0v) is 16.4. The molecule has 25 heavy (non-hydrogen) atoms. The first kappa shape index (κ1) is 19.3. The van der Waals surface area contributed by atoms with E-state index in [1.54, 1.807) is 7.11 Å². The molecule has 2 rings (SSSR count). The molecule has 0 fully saturated rings. The van der Waals surface area contributed by atoms with Crippen LogP contribution in [0.25, 0.3) is 0 Å². The van der Waals surface area contributed by atoms with Gasteiger partial charge in [-0.15, -0.1) is 0 Å². The molecule has 0 saturated carbocycles. The molecule has 0 aliphatic rings. The molecule has 1 amide bonds. The summed E-state index contributed by atoms with van der Waals surface area (Å²) in [5.41, 5.74) is 1.06. The summed E-state index contributed by atoms with van der Waals surface area (Å²) in [7, 11) is 1.64. The van der Waals surface area contributed by atoms with Gasteiger partial charge in [0.15, 0.2) is 6.61 Å². The molecular weight excluding hydrogens is 382 g/mol. The van der Waals surface area contributed by atoms with E-state index in [2.05, 4.69) is 35.1 Å². The molecule has 0 aromatic heterocycles. The lowest BCUT2D eigenvalue weighted by Crippen LogP contribution is -2.33. The van der Waals surface area contributed by atoms with Gasteiger partial charge in [0.05, 0.1) is 13.2 Å². The van der Waals surface area contributed by atoms with E-state index in [1.165, 1.54) is 0 Å². The van der Waals surface area contributed by atoms with E-state index < -0.39 is 0 Å². The first-order valence-corrected chi connectivity index (χ1v) is 9.09. The topological polar surface area (TPSA) is 47.6 Å². The highest BCUT2D eigenvalue weighted by molar-refractivity contribution is 9.10. The quantitative estimate of drug-likeness (QED) is 0.689. The highest BCUT2D eigenvalue weighted by atomic mass is 79.9. The number of methoxy groups -OCH3 is 1. The van der Waals surface area contributed by atoms with Gasteiger partial charge in [0.1, 0.15) is 11.5 Å². The second-order valence-corrected chi connectivity index (χ2v) is 7.18. The lowest BCUT2D eigenvalue weighted by Gasteiger charge is -2.21. The van der Waals surface area contributed by atoms with Gasteiger partial charge in [-0.25, -0.2) is 0 Å². The van der Waals surface area contributed by atoms with Gasteiger partial charge in [-0.2, -0.15) is 0 Å². The number of hydrogen-bond donors (Lipinski definition) is 1. The average molecular weight is 406 g/mol. The van der Waals surface area contributed by atoms with E-state index in [9.17, 15) is 4.79 Å². The van der Waals surface area contributed by atoms with Crippen molar-refractivity contribution in [2.45, 2.75) is 26.3 Å². The first-order valence-electron chi connectivity index (χ1n) is 8.29. The summed E-state index contributed by atoms with van der Waals surface area (Å²) in [6, 6.07) is 15.2. The van der Waals surface area contributed by atoms with Crippen molar-refractivity contribution < 1.29 is 14.3 Å². The predicted octanol–water partition coefficient (Wildman–Crippen LogP) is 4.74. The van der Waals surface area contributed by atoms with Crippen LogP contribution in [-0.4, -0.2) is 19.6 Å². The minimum atomic E-state index is -0.135. The van der Waals surface area contributed by atoms with E-state index in [-0.39, 0.29) is 18.6 Å². The van der Waals surface area contributed by atoms with E-state index in [0.717, 1.165) is 22.2 Å². The van der Waals surface area contributed by atoms with Gasteiger partial charge >= 0.3 is 0 Å². The molecule has 2 aromatic carbocycles. The van der Waals surface area contributed by atoms with Gasteiger partial charge < -0.3 is 14.8 Å². The fourth-order valence-electron chi connectivity index (χ4n) is 2.50. The number of ether oxygens (including phenoxy) is 2. The number of nitrogens with one attached hydrogen (secondary N) is 1. The highest BCUT2D eigenvalue weighted by Gasteiger charge is 2.16. The molecule has 0 aliphatic heterocycles. The Bertz CT molecular complexity index is 668. The van der Waals surface area contributed by atoms with Crippen LogP contribution >= 0.6 is 15.9 Å². The van der Waals surface area contributed by atoms with Gasteiger partial charge in [-0.3, -0.25) is 4.79 Å². The van der Waals surface area contributed by atoms with Crippen molar-refractivity contribution in [3.8, 4) is 11.5 Å². The Balaban J connectivity index is 1.97. The third-order valence-corrected chi connectivity index (χ3v) is 4.27. The van der Waals surface area contributed by atoms with Crippen LogP contribution in [0.5, 0.6) is 11.5 Å². The summed E-state index contributed by atoms with van der Waals surface area (Å²) in [5.74, 6) is 1.80. The Morgan fingerprint density at radius 2 is 1.64 bits per heavy atom. The number of halogens is 1. The Kier molecular flexibility index (Phi) is 7.31. The molecular formula is C20H24BrNO3. The minimum absolute atomic E-state index is 0.00756. The molecule has 0 aliphatic carbocycles. The maximum absolute atomic E-state index is 12.3. The first-order chi connectivity index (χ1) is 12.0. The minimum Gasteiger partial charge on any atom is -0.497 e. The second kappa shape index (κ2) is 9.47. The summed E-state index contributed by atoms with van der Waals surface area (Å²) in [4.78, 5) is 12.3. The third kappa shape index (κ3) is 6.42. The lowest BCUT2D eigenvalue weighted by atomic mass is 9.97. The highest BCUT2D eigenvalue weighted by Crippen LogP contribution is 2.23. The molecule has 1 N–H and O–H groups in total. The average Bonchev–Trinajstić information content (AvgIpc) is 2.60. The Hall–Kier alpha value is -2.01. The van der Waals surface area contributed by atoms with Crippen LogP contribution in [0.1, 0.15) is 31.9 Å². The smallest absolute Gasteiger partial charge is 0.258 e. The standard InChI is InChI=1S/C20H24BrNO3/c1-14(2)12-19(15-4-8-17(24-3)9-5-15)22-20(23)13-25-18-10-6-16(21)7-11-18/h4-11,14,19H,12-13H2,1-3H3,(H,22,23)/t19-/m1/s1. The van der Waals surface area contributed by atoms with E-state index in [0.29, 0.717) is 11.7 Å².